The van der Waals surface area contributed by atoms with Gasteiger partial charge in [-0.15, -0.1) is 0 Å². The first-order chi connectivity index (χ1) is 22.8. The SMILES string of the molecule is Nc1c(C(c2ccccc2)c2ccccc2)cc(N(c2ccccc2)c2ccccc2)cc1C(c1ccccc1)c1ccccc1. The molecule has 0 aliphatic carbocycles. The van der Waals surface area contributed by atoms with Crippen molar-refractivity contribution in [2.24, 2.45) is 0 Å². The van der Waals surface area contributed by atoms with Gasteiger partial charge in [-0.1, -0.05) is 158 Å². The summed E-state index contributed by atoms with van der Waals surface area (Å²) in [4.78, 5) is 2.34. The number of hydrogen-bond acceptors (Lipinski definition) is 2. The van der Waals surface area contributed by atoms with Crippen molar-refractivity contribution < 1.29 is 0 Å². The van der Waals surface area contributed by atoms with Crippen LogP contribution in [0.2, 0.25) is 0 Å². The first-order valence-electron chi connectivity index (χ1n) is 15.8. The third kappa shape index (κ3) is 5.94. The van der Waals surface area contributed by atoms with Gasteiger partial charge in [0.15, 0.2) is 0 Å². The van der Waals surface area contributed by atoms with Crippen molar-refractivity contribution in [3.63, 3.8) is 0 Å². The van der Waals surface area contributed by atoms with Gasteiger partial charge in [0.1, 0.15) is 0 Å². The lowest BCUT2D eigenvalue weighted by atomic mass is 9.78. The van der Waals surface area contributed by atoms with Crippen LogP contribution >= 0.6 is 0 Å². The van der Waals surface area contributed by atoms with E-state index in [4.69, 9.17) is 5.73 Å². The van der Waals surface area contributed by atoms with Crippen molar-refractivity contribution in [2.75, 3.05) is 10.6 Å². The van der Waals surface area contributed by atoms with E-state index >= 15 is 0 Å². The molecule has 2 heteroatoms. The molecule has 46 heavy (non-hydrogen) atoms. The molecule has 2 nitrogen and oxygen atoms in total. The number of anilines is 4. The van der Waals surface area contributed by atoms with Crippen LogP contribution in [0, 0.1) is 0 Å². The maximum Gasteiger partial charge on any atom is 0.0469 e. The molecule has 0 atom stereocenters. The van der Waals surface area contributed by atoms with E-state index in [-0.39, 0.29) is 11.8 Å². The summed E-state index contributed by atoms with van der Waals surface area (Å²) >= 11 is 0. The molecule has 2 N–H and O–H groups in total. The van der Waals surface area contributed by atoms with Crippen LogP contribution in [-0.4, -0.2) is 0 Å². The minimum Gasteiger partial charge on any atom is -0.398 e. The lowest BCUT2D eigenvalue weighted by Gasteiger charge is -2.31. The van der Waals surface area contributed by atoms with Gasteiger partial charge in [-0.25, -0.2) is 0 Å². The third-order valence-corrected chi connectivity index (χ3v) is 8.67. The topological polar surface area (TPSA) is 29.3 Å². The van der Waals surface area contributed by atoms with Crippen LogP contribution < -0.4 is 10.6 Å². The lowest BCUT2D eigenvalue weighted by molar-refractivity contribution is 0.944. The van der Waals surface area contributed by atoms with E-state index in [1.807, 2.05) is 0 Å². The number of hydrogen-bond donors (Lipinski definition) is 1. The van der Waals surface area contributed by atoms with E-state index in [1.54, 1.807) is 0 Å². The third-order valence-electron chi connectivity index (χ3n) is 8.67. The van der Waals surface area contributed by atoms with Crippen molar-refractivity contribution in [3.8, 4) is 0 Å². The molecular weight excluding hydrogens is 556 g/mol. The van der Waals surface area contributed by atoms with Crippen LogP contribution in [0.4, 0.5) is 22.7 Å². The predicted octanol–water partition coefficient (Wildman–Crippen LogP) is 11.1. The summed E-state index contributed by atoms with van der Waals surface area (Å²) in [6.07, 6.45) is 0. The Morgan fingerprint density at radius 1 is 0.326 bits per heavy atom. The summed E-state index contributed by atoms with van der Waals surface area (Å²) in [5.74, 6) is -0.136. The van der Waals surface area contributed by atoms with E-state index < -0.39 is 0 Å². The van der Waals surface area contributed by atoms with Gasteiger partial charge in [0.2, 0.25) is 0 Å². The van der Waals surface area contributed by atoms with Gasteiger partial charge in [-0.05, 0) is 69.8 Å². The number of rotatable bonds is 9. The van der Waals surface area contributed by atoms with E-state index in [0.717, 1.165) is 33.9 Å². The molecule has 0 saturated heterocycles. The maximum atomic E-state index is 7.46. The van der Waals surface area contributed by atoms with E-state index in [2.05, 4.69) is 199 Å². The molecule has 7 rings (SSSR count). The second-order valence-electron chi connectivity index (χ2n) is 11.6. The van der Waals surface area contributed by atoms with Crippen molar-refractivity contribution >= 4 is 22.7 Å². The highest BCUT2D eigenvalue weighted by atomic mass is 15.1. The molecule has 0 saturated carbocycles. The largest absolute Gasteiger partial charge is 0.398 e. The summed E-state index contributed by atoms with van der Waals surface area (Å²) in [5, 5.41) is 0. The highest BCUT2D eigenvalue weighted by molar-refractivity contribution is 5.80. The summed E-state index contributed by atoms with van der Waals surface area (Å²) in [7, 11) is 0. The Balaban J connectivity index is 1.56. The van der Waals surface area contributed by atoms with Crippen LogP contribution in [0.1, 0.15) is 45.2 Å². The highest BCUT2D eigenvalue weighted by Gasteiger charge is 2.28. The van der Waals surface area contributed by atoms with Crippen LogP contribution in [0.5, 0.6) is 0 Å². The fraction of sp³-hybridized carbons (Fsp3) is 0.0455. The van der Waals surface area contributed by atoms with Crippen molar-refractivity contribution in [3.05, 3.63) is 228 Å². The molecule has 7 aromatic carbocycles. The fourth-order valence-corrected chi connectivity index (χ4v) is 6.58. The summed E-state index contributed by atoms with van der Waals surface area (Å²) < 4.78 is 0. The average Bonchev–Trinajstić information content (AvgIpc) is 3.13. The van der Waals surface area contributed by atoms with Gasteiger partial charge in [0, 0.05) is 34.6 Å². The van der Waals surface area contributed by atoms with Gasteiger partial charge in [0.05, 0.1) is 0 Å². The van der Waals surface area contributed by atoms with Gasteiger partial charge in [-0.3, -0.25) is 0 Å². The Kier molecular flexibility index (Phi) is 8.43. The quantitative estimate of drug-likeness (QED) is 0.133. The molecule has 0 bridgehead atoms. The van der Waals surface area contributed by atoms with E-state index in [0.29, 0.717) is 0 Å². The Labute approximate surface area is 272 Å². The molecule has 0 radical (unpaired) electrons. The number of nitrogens with two attached hydrogens (primary N) is 1. The number of para-hydroxylation sites is 2. The summed E-state index contributed by atoms with van der Waals surface area (Å²) in [5.41, 5.74) is 18.5. The molecular formula is C44H36N2. The molecule has 0 aliphatic rings. The van der Waals surface area contributed by atoms with Crippen molar-refractivity contribution in [2.45, 2.75) is 11.8 Å². The Bertz CT molecular complexity index is 1750. The van der Waals surface area contributed by atoms with Crippen LogP contribution in [-0.2, 0) is 0 Å². The van der Waals surface area contributed by atoms with Crippen LogP contribution in [0.15, 0.2) is 194 Å². The van der Waals surface area contributed by atoms with Gasteiger partial charge in [0.25, 0.3) is 0 Å². The van der Waals surface area contributed by atoms with Gasteiger partial charge >= 0.3 is 0 Å². The maximum absolute atomic E-state index is 7.46. The lowest BCUT2D eigenvalue weighted by Crippen LogP contribution is -2.16. The molecule has 0 fully saturated rings. The Morgan fingerprint density at radius 2 is 0.587 bits per heavy atom. The van der Waals surface area contributed by atoms with Gasteiger partial charge < -0.3 is 10.6 Å². The molecule has 0 unspecified atom stereocenters. The van der Waals surface area contributed by atoms with Crippen molar-refractivity contribution in [1.82, 2.24) is 0 Å². The van der Waals surface area contributed by atoms with Crippen LogP contribution in [0.3, 0.4) is 0 Å². The average molecular weight is 593 g/mol. The summed E-state index contributed by atoms with van der Waals surface area (Å²) in [6, 6.07) is 68.7. The zero-order valence-corrected chi connectivity index (χ0v) is 25.7. The molecule has 222 valence electrons. The monoisotopic (exact) mass is 592 g/mol. The zero-order valence-electron chi connectivity index (χ0n) is 25.7. The standard InChI is InChI=1S/C44H36N2/c45-44-40(42(33-19-7-1-8-20-33)34-21-9-2-10-22-34)31-39(46(37-27-15-5-16-28-37)38-29-17-6-18-30-38)32-41(44)43(35-23-11-3-12-24-35)36-25-13-4-14-26-36/h1-32,42-43H,45H2. The number of benzene rings is 7. The zero-order chi connectivity index (χ0) is 31.1. The minimum atomic E-state index is -0.0679. The Hall–Kier alpha value is -5.86. The molecule has 0 heterocycles. The second-order valence-corrected chi connectivity index (χ2v) is 11.6. The number of nitrogens with zero attached hydrogens (tertiary/aromatic N) is 1. The van der Waals surface area contributed by atoms with Gasteiger partial charge in [-0.2, -0.15) is 0 Å². The molecule has 0 amide bonds. The minimum absolute atomic E-state index is 0.0679. The molecule has 0 aromatic heterocycles. The molecule has 0 spiro atoms. The fourth-order valence-electron chi connectivity index (χ4n) is 6.58. The normalized spacial score (nSPS) is 11.1. The first-order valence-corrected chi connectivity index (χ1v) is 15.8. The molecule has 7 aromatic rings. The molecule has 0 aliphatic heterocycles. The van der Waals surface area contributed by atoms with E-state index in [1.165, 1.54) is 22.3 Å². The second kappa shape index (κ2) is 13.4. The van der Waals surface area contributed by atoms with Crippen molar-refractivity contribution in [1.29, 1.82) is 0 Å². The predicted molar refractivity (Wildman–Crippen MR) is 193 cm³/mol. The van der Waals surface area contributed by atoms with Crippen LogP contribution in [0.25, 0.3) is 0 Å². The Morgan fingerprint density at radius 3 is 0.870 bits per heavy atom. The summed E-state index contributed by atoms with van der Waals surface area (Å²) in [6.45, 7) is 0. The van der Waals surface area contributed by atoms with E-state index in [9.17, 15) is 0 Å². The first kappa shape index (κ1) is 28.9. The highest BCUT2D eigenvalue weighted by Crippen LogP contribution is 2.46. The smallest absolute Gasteiger partial charge is 0.0469 e. The number of nitrogen functional groups attached to an aromatic ring is 1.